The van der Waals surface area contributed by atoms with Crippen LogP contribution in [0, 0.1) is 0 Å². The van der Waals surface area contributed by atoms with Crippen molar-refractivity contribution >= 4 is 11.3 Å². The van der Waals surface area contributed by atoms with Gasteiger partial charge in [0.1, 0.15) is 5.52 Å². The molecule has 0 radical (unpaired) electrons. The molecule has 2 rings (SSSR count). The highest BCUT2D eigenvalue weighted by molar-refractivity contribution is 5.68. The van der Waals surface area contributed by atoms with Crippen LogP contribution in [0.15, 0.2) is 18.5 Å². The number of fused-ring (bicyclic) bond motifs is 1. The van der Waals surface area contributed by atoms with Gasteiger partial charge in [0, 0.05) is 32.1 Å². The largest absolute Gasteiger partial charge is 0.435 e. The lowest BCUT2D eigenvalue weighted by atomic mass is 10.2. The van der Waals surface area contributed by atoms with Crippen molar-refractivity contribution in [1.29, 1.82) is 0 Å². The quantitative estimate of drug-likeness (QED) is 0.934. The highest BCUT2D eigenvalue weighted by Crippen LogP contribution is 2.30. The van der Waals surface area contributed by atoms with Crippen molar-refractivity contribution in [2.45, 2.75) is 25.6 Å². The SMILES string of the molecule is CC(O)CCN(C)c1nccn2nc(C(F)(F)F)cc12. The van der Waals surface area contributed by atoms with Gasteiger partial charge < -0.3 is 10.0 Å². The molecule has 110 valence electrons. The summed E-state index contributed by atoms with van der Waals surface area (Å²) in [6, 6.07) is 0.973. The maximum Gasteiger partial charge on any atom is 0.435 e. The van der Waals surface area contributed by atoms with Crippen LogP contribution in [-0.2, 0) is 6.18 Å². The second-order valence-corrected chi connectivity index (χ2v) is 4.67. The van der Waals surface area contributed by atoms with E-state index in [-0.39, 0.29) is 5.52 Å². The molecule has 0 aromatic carbocycles. The van der Waals surface area contributed by atoms with Gasteiger partial charge in [-0.05, 0) is 13.3 Å². The first kappa shape index (κ1) is 14.6. The average molecular weight is 288 g/mol. The van der Waals surface area contributed by atoms with E-state index in [1.165, 1.54) is 12.4 Å². The van der Waals surface area contributed by atoms with E-state index >= 15 is 0 Å². The minimum Gasteiger partial charge on any atom is -0.393 e. The van der Waals surface area contributed by atoms with Crippen LogP contribution in [0.4, 0.5) is 19.0 Å². The first-order valence-electron chi connectivity index (χ1n) is 6.10. The van der Waals surface area contributed by atoms with Crippen LogP contribution in [0.1, 0.15) is 19.0 Å². The third-order valence-corrected chi connectivity index (χ3v) is 2.90. The Kier molecular flexibility index (Phi) is 3.85. The Bertz CT molecular complexity index is 594. The molecule has 2 aromatic rings. The highest BCUT2D eigenvalue weighted by atomic mass is 19.4. The number of hydrogen-bond donors (Lipinski definition) is 1. The fraction of sp³-hybridized carbons (Fsp3) is 0.500. The van der Waals surface area contributed by atoms with E-state index < -0.39 is 18.0 Å². The highest BCUT2D eigenvalue weighted by Gasteiger charge is 2.34. The van der Waals surface area contributed by atoms with Crippen molar-refractivity contribution in [3.05, 3.63) is 24.2 Å². The third-order valence-electron chi connectivity index (χ3n) is 2.90. The van der Waals surface area contributed by atoms with Gasteiger partial charge in [0.25, 0.3) is 0 Å². The molecule has 0 aliphatic carbocycles. The molecule has 5 nitrogen and oxygen atoms in total. The van der Waals surface area contributed by atoms with Crippen molar-refractivity contribution in [2.75, 3.05) is 18.5 Å². The normalized spacial score (nSPS) is 13.7. The predicted molar refractivity (Wildman–Crippen MR) is 67.6 cm³/mol. The Morgan fingerprint density at radius 2 is 2.15 bits per heavy atom. The molecule has 2 heterocycles. The average Bonchev–Trinajstić information content (AvgIpc) is 2.79. The van der Waals surface area contributed by atoms with E-state index in [4.69, 9.17) is 0 Å². The van der Waals surface area contributed by atoms with Crippen molar-refractivity contribution in [3.63, 3.8) is 0 Å². The molecular formula is C12H15F3N4O. The molecule has 0 aliphatic rings. The van der Waals surface area contributed by atoms with Crippen molar-refractivity contribution < 1.29 is 18.3 Å². The van der Waals surface area contributed by atoms with E-state index in [1.807, 2.05) is 0 Å². The summed E-state index contributed by atoms with van der Waals surface area (Å²) < 4.78 is 39.2. The number of hydrogen-bond acceptors (Lipinski definition) is 4. The summed E-state index contributed by atoms with van der Waals surface area (Å²) in [6.45, 7) is 2.14. The van der Waals surface area contributed by atoms with E-state index in [0.29, 0.717) is 18.8 Å². The predicted octanol–water partition coefficient (Wildman–Crippen LogP) is 1.96. The van der Waals surface area contributed by atoms with Gasteiger partial charge in [0.2, 0.25) is 0 Å². The lowest BCUT2D eigenvalue weighted by molar-refractivity contribution is -0.141. The van der Waals surface area contributed by atoms with Crippen LogP contribution < -0.4 is 4.90 Å². The molecule has 2 aromatic heterocycles. The lowest BCUT2D eigenvalue weighted by Gasteiger charge is -2.19. The van der Waals surface area contributed by atoms with Gasteiger partial charge in [-0.25, -0.2) is 9.50 Å². The van der Waals surface area contributed by atoms with Crippen LogP contribution in [0.25, 0.3) is 5.52 Å². The minimum atomic E-state index is -4.48. The number of rotatable bonds is 4. The summed E-state index contributed by atoms with van der Waals surface area (Å²) in [5, 5.41) is 12.8. The number of aromatic nitrogens is 3. The summed E-state index contributed by atoms with van der Waals surface area (Å²) in [4.78, 5) is 5.79. The first-order chi connectivity index (χ1) is 9.29. The Labute approximate surface area is 113 Å². The van der Waals surface area contributed by atoms with Crippen molar-refractivity contribution in [1.82, 2.24) is 14.6 Å². The Balaban J connectivity index is 2.36. The molecule has 8 heteroatoms. The van der Waals surface area contributed by atoms with Gasteiger partial charge in [-0.1, -0.05) is 0 Å². The second-order valence-electron chi connectivity index (χ2n) is 4.67. The Hall–Kier alpha value is -1.83. The van der Waals surface area contributed by atoms with Gasteiger partial charge in [-0.2, -0.15) is 18.3 Å². The molecule has 1 unspecified atom stereocenters. The Morgan fingerprint density at radius 1 is 1.45 bits per heavy atom. The molecule has 20 heavy (non-hydrogen) atoms. The van der Waals surface area contributed by atoms with Gasteiger partial charge in [0.05, 0.1) is 6.10 Å². The zero-order valence-electron chi connectivity index (χ0n) is 11.1. The van der Waals surface area contributed by atoms with Crippen LogP contribution >= 0.6 is 0 Å². The zero-order valence-corrected chi connectivity index (χ0v) is 11.1. The number of aliphatic hydroxyl groups excluding tert-OH is 1. The minimum absolute atomic E-state index is 0.285. The van der Waals surface area contributed by atoms with Crippen LogP contribution in [0.5, 0.6) is 0 Å². The standard InChI is InChI=1S/C12H15F3N4O/c1-8(20)3-5-18(2)11-9-7-10(12(13,14)15)17-19(9)6-4-16-11/h4,6-8,20H,3,5H2,1-2H3. The van der Waals surface area contributed by atoms with Crippen molar-refractivity contribution in [2.24, 2.45) is 0 Å². The molecule has 0 bridgehead atoms. The lowest BCUT2D eigenvalue weighted by Crippen LogP contribution is -2.23. The second kappa shape index (κ2) is 5.28. The number of nitrogens with zero attached hydrogens (tertiary/aromatic N) is 4. The first-order valence-corrected chi connectivity index (χ1v) is 6.10. The summed E-state index contributed by atoms with van der Waals surface area (Å²) >= 11 is 0. The third kappa shape index (κ3) is 3.01. The van der Waals surface area contributed by atoms with Crippen LogP contribution in [-0.4, -0.2) is 39.4 Å². The fourth-order valence-electron chi connectivity index (χ4n) is 1.83. The smallest absolute Gasteiger partial charge is 0.393 e. The molecule has 1 atom stereocenters. The molecule has 1 N–H and O–H groups in total. The number of alkyl halides is 3. The summed E-state index contributed by atoms with van der Waals surface area (Å²) in [6.07, 6.45) is -1.70. The molecule has 0 aliphatic heterocycles. The van der Waals surface area contributed by atoms with Gasteiger partial charge in [-0.3, -0.25) is 0 Å². The molecule has 0 spiro atoms. The van der Waals surface area contributed by atoms with Gasteiger partial charge in [-0.15, -0.1) is 0 Å². The molecule has 0 fully saturated rings. The number of aliphatic hydroxyl groups is 1. The van der Waals surface area contributed by atoms with Crippen LogP contribution in [0.2, 0.25) is 0 Å². The topological polar surface area (TPSA) is 53.7 Å². The molecular weight excluding hydrogens is 273 g/mol. The fourth-order valence-corrected chi connectivity index (χ4v) is 1.83. The van der Waals surface area contributed by atoms with Gasteiger partial charge >= 0.3 is 6.18 Å². The molecule has 0 amide bonds. The Morgan fingerprint density at radius 3 is 2.75 bits per heavy atom. The maximum absolute atomic E-state index is 12.7. The monoisotopic (exact) mass is 288 g/mol. The van der Waals surface area contributed by atoms with E-state index in [2.05, 4.69) is 10.1 Å². The zero-order chi connectivity index (χ0) is 14.9. The van der Waals surface area contributed by atoms with Crippen molar-refractivity contribution in [3.8, 4) is 0 Å². The molecule has 0 saturated carbocycles. The number of halogens is 3. The summed E-state index contributed by atoms with van der Waals surface area (Å²) in [5.74, 6) is 0.399. The number of anilines is 1. The van der Waals surface area contributed by atoms with E-state index in [1.54, 1.807) is 18.9 Å². The van der Waals surface area contributed by atoms with E-state index in [9.17, 15) is 18.3 Å². The maximum atomic E-state index is 12.7. The summed E-state index contributed by atoms with van der Waals surface area (Å²) in [7, 11) is 1.71. The summed E-state index contributed by atoms with van der Waals surface area (Å²) in [5.41, 5.74) is -0.663. The molecule has 0 saturated heterocycles. The van der Waals surface area contributed by atoms with E-state index in [0.717, 1.165) is 10.6 Å². The van der Waals surface area contributed by atoms with Gasteiger partial charge in [0.15, 0.2) is 11.5 Å². The van der Waals surface area contributed by atoms with Crippen LogP contribution in [0.3, 0.4) is 0 Å².